The second-order valence-corrected chi connectivity index (χ2v) is 17.6. The van der Waals surface area contributed by atoms with E-state index in [2.05, 4.69) is 204 Å². The third-order valence-corrected chi connectivity index (χ3v) is 11.2. The first-order valence-electron chi connectivity index (χ1n) is 20.1. The molecule has 0 fully saturated rings. The second-order valence-electron chi connectivity index (χ2n) is 17.2. The maximum atomic E-state index is 7.94. The van der Waals surface area contributed by atoms with E-state index in [9.17, 15) is 0 Å². The van der Waals surface area contributed by atoms with E-state index < -0.39 is 0 Å². The Hall–Kier alpha value is -5.97. The van der Waals surface area contributed by atoms with Crippen LogP contribution in [-0.4, -0.2) is 13.2 Å². The quantitative estimate of drug-likeness (QED) is 0.153. The minimum absolute atomic E-state index is 0.0146. The number of rotatable bonds is 8. The van der Waals surface area contributed by atoms with E-state index in [4.69, 9.17) is 21.1 Å². The standard InChI is InChI=1S/C53H51ClN2O2/c1-36-31-47(55(42-25-21-40(22-26-42)52(2,3)4)43-27-23-41(24-28-43)53(5,6)7)51(54)48(32-36)56(44-20-14-19-39(33-44)37-15-10-8-11-16-37)46-35-50-49(57-29-30-58-50)34-45(46)38-17-12-9-13-18-38/h8-28,31-35H,29-30H2,1-7H3. The first-order chi connectivity index (χ1) is 27.8. The highest BCUT2D eigenvalue weighted by atomic mass is 35.5. The summed E-state index contributed by atoms with van der Waals surface area (Å²) in [6, 6.07) is 56.1. The van der Waals surface area contributed by atoms with Gasteiger partial charge in [0.15, 0.2) is 11.5 Å². The summed E-state index contributed by atoms with van der Waals surface area (Å²) in [6.07, 6.45) is 0. The van der Waals surface area contributed by atoms with Gasteiger partial charge in [0, 0.05) is 28.7 Å². The number of anilines is 6. The zero-order valence-corrected chi connectivity index (χ0v) is 35.3. The second kappa shape index (κ2) is 15.8. The molecule has 0 atom stereocenters. The molecule has 0 unspecified atom stereocenters. The summed E-state index contributed by atoms with van der Waals surface area (Å²) in [6.45, 7) is 16.6. The molecule has 58 heavy (non-hydrogen) atoms. The van der Waals surface area contributed by atoms with Crippen molar-refractivity contribution in [2.24, 2.45) is 0 Å². The van der Waals surface area contributed by atoms with E-state index in [1.807, 2.05) is 12.1 Å². The van der Waals surface area contributed by atoms with Crippen molar-refractivity contribution in [3.05, 3.63) is 179 Å². The monoisotopic (exact) mass is 782 g/mol. The fraction of sp³-hybridized carbons (Fsp3) is 0.208. The molecular formula is C53H51ClN2O2. The lowest BCUT2D eigenvalue weighted by Gasteiger charge is -2.34. The van der Waals surface area contributed by atoms with E-state index >= 15 is 0 Å². The fourth-order valence-corrected chi connectivity index (χ4v) is 7.96. The number of halogens is 1. The SMILES string of the molecule is Cc1cc(N(c2ccc(C(C)(C)C)cc2)c2ccc(C(C)(C)C)cc2)c(Cl)c(N(c2cccc(-c3ccccc3)c2)c2cc3c(cc2-c2ccccc2)OCCO3)c1. The smallest absolute Gasteiger partial charge is 0.163 e. The molecule has 4 nitrogen and oxygen atoms in total. The zero-order chi connectivity index (χ0) is 40.6. The zero-order valence-electron chi connectivity index (χ0n) is 34.5. The fourth-order valence-electron chi connectivity index (χ4n) is 7.68. The highest BCUT2D eigenvalue weighted by molar-refractivity contribution is 6.37. The molecule has 8 rings (SSSR count). The lowest BCUT2D eigenvalue weighted by molar-refractivity contribution is 0.172. The van der Waals surface area contributed by atoms with E-state index in [1.54, 1.807) is 0 Å². The molecule has 1 aliphatic heterocycles. The Bertz CT molecular complexity index is 2480. The summed E-state index contributed by atoms with van der Waals surface area (Å²) >= 11 is 7.94. The van der Waals surface area contributed by atoms with Crippen molar-refractivity contribution in [2.45, 2.75) is 59.3 Å². The highest BCUT2D eigenvalue weighted by Gasteiger charge is 2.28. The van der Waals surface area contributed by atoms with Gasteiger partial charge in [-0.25, -0.2) is 0 Å². The van der Waals surface area contributed by atoms with Crippen LogP contribution in [0.4, 0.5) is 34.1 Å². The molecule has 0 aromatic heterocycles. The molecule has 0 N–H and O–H groups in total. The molecule has 5 heteroatoms. The van der Waals surface area contributed by atoms with Gasteiger partial charge in [0.25, 0.3) is 0 Å². The normalized spacial score (nSPS) is 12.6. The maximum Gasteiger partial charge on any atom is 0.163 e. The van der Waals surface area contributed by atoms with Crippen LogP contribution < -0.4 is 19.3 Å². The molecular weight excluding hydrogens is 732 g/mol. The molecule has 0 saturated carbocycles. The minimum atomic E-state index is 0.0146. The van der Waals surface area contributed by atoms with Crippen molar-refractivity contribution in [2.75, 3.05) is 23.0 Å². The van der Waals surface area contributed by atoms with Crippen molar-refractivity contribution >= 4 is 45.7 Å². The Labute approximate surface area is 349 Å². The third kappa shape index (κ3) is 7.95. The molecule has 0 amide bonds. The van der Waals surface area contributed by atoms with Crippen LogP contribution in [0.5, 0.6) is 11.5 Å². The summed E-state index contributed by atoms with van der Waals surface area (Å²) in [4.78, 5) is 4.58. The van der Waals surface area contributed by atoms with Gasteiger partial charge in [-0.15, -0.1) is 0 Å². The molecule has 0 aliphatic carbocycles. The molecule has 0 saturated heterocycles. The van der Waals surface area contributed by atoms with Gasteiger partial charge in [-0.05, 0) is 106 Å². The van der Waals surface area contributed by atoms with Crippen molar-refractivity contribution in [3.63, 3.8) is 0 Å². The van der Waals surface area contributed by atoms with Crippen LogP contribution in [0.1, 0.15) is 58.2 Å². The Morgan fingerprint density at radius 2 is 0.931 bits per heavy atom. The number of hydrogen-bond donors (Lipinski definition) is 0. The van der Waals surface area contributed by atoms with Crippen LogP contribution in [0.3, 0.4) is 0 Å². The number of hydrogen-bond acceptors (Lipinski definition) is 4. The first-order valence-corrected chi connectivity index (χ1v) is 20.5. The topological polar surface area (TPSA) is 24.9 Å². The Morgan fingerprint density at radius 1 is 0.448 bits per heavy atom. The van der Waals surface area contributed by atoms with Crippen molar-refractivity contribution < 1.29 is 9.47 Å². The van der Waals surface area contributed by atoms with Crippen LogP contribution in [-0.2, 0) is 10.8 Å². The molecule has 1 heterocycles. The van der Waals surface area contributed by atoms with Gasteiger partial charge in [0.1, 0.15) is 13.2 Å². The molecule has 0 radical (unpaired) electrons. The summed E-state index contributed by atoms with van der Waals surface area (Å²) < 4.78 is 12.5. The van der Waals surface area contributed by atoms with Crippen LogP contribution in [0.25, 0.3) is 22.3 Å². The summed E-state index contributed by atoms with van der Waals surface area (Å²) in [5.74, 6) is 1.43. The van der Waals surface area contributed by atoms with Crippen molar-refractivity contribution in [1.29, 1.82) is 0 Å². The number of nitrogens with zero attached hydrogens (tertiary/aromatic N) is 2. The van der Waals surface area contributed by atoms with Crippen LogP contribution in [0.2, 0.25) is 5.02 Å². The lowest BCUT2D eigenvalue weighted by Crippen LogP contribution is -2.18. The van der Waals surface area contributed by atoms with Gasteiger partial charge in [-0.1, -0.05) is 150 Å². The number of fused-ring (bicyclic) bond motifs is 1. The number of aryl methyl sites for hydroxylation is 1. The predicted molar refractivity (Wildman–Crippen MR) is 245 cm³/mol. The third-order valence-electron chi connectivity index (χ3n) is 10.8. The first kappa shape index (κ1) is 38.9. The van der Waals surface area contributed by atoms with Crippen LogP contribution in [0, 0.1) is 6.92 Å². The van der Waals surface area contributed by atoms with E-state index in [0.29, 0.717) is 24.0 Å². The molecule has 0 spiro atoms. The highest BCUT2D eigenvalue weighted by Crippen LogP contribution is 2.52. The average Bonchev–Trinajstić information content (AvgIpc) is 3.23. The van der Waals surface area contributed by atoms with E-state index in [0.717, 1.165) is 67.7 Å². The predicted octanol–water partition coefficient (Wildman–Crippen LogP) is 15.3. The lowest BCUT2D eigenvalue weighted by atomic mass is 9.86. The van der Waals surface area contributed by atoms with Crippen molar-refractivity contribution in [3.8, 4) is 33.8 Å². The van der Waals surface area contributed by atoms with Crippen LogP contribution >= 0.6 is 11.6 Å². The molecule has 0 bridgehead atoms. The largest absolute Gasteiger partial charge is 0.486 e. The number of benzene rings is 7. The summed E-state index contributed by atoms with van der Waals surface area (Å²) in [7, 11) is 0. The van der Waals surface area contributed by atoms with Gasteiger partial charge in [0.05, 0.1) is 22.1 Å². The van der Waals surface area contributed by atoms with Gasteiger partial charge in [-0.3, -0.25) is 0 Å². The van der Waals surface area contributed by atoms with E-state index in [-0.39, 0.29) is 10.8 Å². The molecule has 1 aliphatic rings. The number of ether oxygens (including phenoxy) is 2. The van der Waals surface area contributed by atoms with Gasteiger partial charge < -0.3 is 19.3 Å². The average molecular weight is 783 g/mol. The van der Waals surface area contributed by atoms with Gasteiger partial charge in [-0.2, -0.15) is 0 Å². The minimum Gasteiger partial charge on any atom is -0.486 e. The Balaban J connectivity index is 1.39. The van der Waals surface area contributed by atoms with E-state index in [1.165, 1.54) is 11.1 Å². The molecule has 7 aromatic rings. The van der Waals surface area contributed by atoms with Crippen molar-refractivity contribution in [1.82, 2.24) is 0 Å². The maximum absolute atomic E-state index is 7.94. The van der Waals surface area contributed by atoms with Gasteiger partial charge in [0.2, 0.25) is 0 Å². The summed E-state index contributed by atoms with van der Waals surface area (Å²) in [5.41, 5.74) is 13.6. The van der Waals surface area contributed by atoms with Crippen LogP contribution in [0.15, 0.2) is 158 Å². The Kier molecular flexibility index (Phi) is 10.6. The summed E-state index contributed by atoms with van der Waals surface area (Å²) in [5, 5.41) is 0.615. The van der Waals surface area contributed by atoms with Gasteiger partial charge >= 0.3 is 0 Å². The molecule has 7 aromatic carbocycles. The Morgan fingerprint density at radius 3 is 1.47 bits per heavy atom. The molecule has 292 valence electrons.